The number of benzene rings is 2. The summed E-state index contributed by atoms with van der Waals surface area (Å²) in [5.41, 5.74) is 2.91. The number of sulfonamides is 1. The Balaban J connectivity index is 1.93. The molecule has 1 aliphatic carbocycles. The molecule has 0 fully saturated rings. The lowest BCUT2D eigenvalue weighted by atomic mass is 10.1. The van der Waals surface area contributed by atoms with Gasteiger partial charge in [0.05, 0.1) is 0 Å². The van der Waals surface area contributed by atoms with Gasteiger partial charge < -0.3 is 0 Å². The molecule has 104 valence electrons. The molecule has 0 saturated carbocycles. The second-order valence-electron chi connectivity index (χ2n) is 4.87. The van der Waals surface area contributed by atoms with Crippen LogP contribution in [-0.2, 0) is 22.9 Å². The van der Waals surface area contributed by atoms with Crippen molar-refractivity contribution in [3.63, 3.8) is 0 Å². The van der Waals surface area contributed by atoms with E-state index >= 15 is 0 Å². The third-order valence-electron chi connectivity index (χ3n) is 3.48. The van der Waals surface area contributed by atoms with Gasteiger partial charge in [-0.3, -0.25) is 4.72 Å². The standard InChI is InChI=1S/C15H14FNO2S/c16-14-6-1-2-7-15(14)20(18,19)17-13-9-8-11-4-3-5-12(11)10-13/h1-2,6-10,17H,3-5H2. The van der Waals surface area contributed by atoms with Crippen molar-refractivity contribution in [3.8, 4) is 0 Å². The van der Waals surface area contributed by atoms with Crippen LogP contribution in [0.1, 0.15) is 17.5 Å². The molecule has 0 aliphatic heterocycles. The van der Waals surface area contributed by atoms with Gasteiger partial charge in [-0.15, -0.1) is 0 Å². The van der Waals surface area contributed by atoms with Crippen molar-refractivity contribution >= 4 is 15.7 Å². The Labute approximate surface area is 117 Å². The molecule has 0 saturated heterocycles. The average Bonchev–Trinajstić information content (AvgIpc) is 2.86. The summed E-state index contributed by atoms with van der Waals surface area (Å²) in [5, 5.41) is 0. The van der Waals surface area contributed by atoms with Crippen LogP contribution in [-0.4, -0.2) is 8.42 Å². The fourth-order valence-corrected chi connectivity index (χ4v) is 3.64. The van der Waals surface area contributed by atoms with Crippen LogP contribution in [0.3, 0.4) is 0 Å². The molecule has 3 nitrogen and oxygen atoms in total. The van der Waals surface area contributed by atoms with Crippen molar-refractivity contribution < 1.29 is 12.8 Å². The molecule has 0 radical (unpaired) electrons. The first-order valence-electron chi connectivity index (χ1n) is 6.45. The number of aryl methyl sites for hydroxylation is 2. The molecule has 20 heavy (non-hydrogen) atoms. The summed E-state index contributed by atoms with van der Waals surface area (Å²) in [6.07, 6.45) is 3.10. The van der Waals surface area contributed by atoms with E-state index in [0.29, 0.717) is 5.69 Å². The van der Waals surface area contributed by atoms with Crippen LogP contribution in [0.2, 0.25) is 0 Å². The van der Waals surface area contributed by atoms with Crippen LogP contribution in [0.25, 0.3) is 0 Å². The molecule has 0 bridgehead atoms. The lowest BCUT2D eigenvalue weighted by Gasteiger charge is -2.10. The van der Waals surface area contributed by atoms with Gasteiger partial charge in [-0.1, -0.05) is 18.2 Å². The Morgan fingerprint density at radius 1 is 1.00 bits per heavy atom. The Bertz CT molecular complexity index is 756. The van der Waals surface area contributed by atoms with Crippen molar-refractivity contribution in [2.45, 2.75) is 24.2 Å². The molecular formula is C15H14FNO2S. The van der Waals surface area contributed by atoms with Gasteiger partial charge in [0.25, 0.3) is 10.0 Å². The maximum absolute atomic E-state index is 13.6. The van der Waals surface area contributed by atoms with E-state index in [1.54, 1.807) is 6.07 Å². The molecule has 2 aromatic rings. The van der Waals surface area contributed by atoms with E-state index in [0.717, 1.165) is 25.3 Å². The Kier molecular flexibility index (Phi) is 3.22. The van der Waals surface area contributed by atoms with Gasteiger partial charge in [0, 0.05) is 5.69 Å². The van der Waals surface area contributed by atoms with Crippen molar-refractivity contribution in [1.29, 1.82) is 0 Å². The molecule has 0 amide bonds. The van der Waals surface area contributed by atoms with Gasteiger partial charge in [0.15, 0.2) is 0 Å². The first-order chi connectivity index (χ1) is 9.56. The van der Waals surface area contributed by atoms with Crippen molar-refractivity contribution in [2.24, 2.45) is 0 Å². The fraction of sp³-hybridized carbons (Fsp3) is 0.200. The predicted octanol–water partition coefficient (Wildman–Crippen LogP) is 3.12. The van der Waals surface area contributed by atoms with Crippen molar-refractivity contribution in [2.75, 3.05) is 4.72 Å². The van der Waals surface area contributed by atoms with Gasteiger partial charge in [-0.05, 0) is 54.7 Å². The monoisotopic (exact) mass is 291 g/mol. The van der Waals surface area contributed by atoms with Gasteiger partial charge in [-0.2, -0.15) is 0 Å². The van der Waals surface area contributed by atoms with Crippen LogP contribution < -0.4 is 4.72 Å². The first-order valence-corrected chi connectivity index (χ1v) is 7.94. The van der Waals surface area contributed by atoms with Crippen LogP contribution >= 0.6 is 0 Å². The molecule has 0 unspecified atom stereocenters. The molecule has 5 heteroatoms. The zero-order chi connectivity index (χ0) is 14.2. The topological polar surface area (TPSA) is 46.2 Å². The van der Waals surface area contributed by atoms with E-state index in [9.17, 15) is 12.8 Å². The molecule has 0 spiro atoms. The van der Waals surface area contributed by atoms with E-state index in [2.05, 4.69) is 4.72 Å². The largest absolute Gasteiger partial charge is 0.280 e. The summed E-state index contributed by atoms with van der Waals surface area (Å²) in [7, 11) is -3.89. The second-order valence-corrected chi connectivity index (χ2v) is 6.52. The number of hydrogen-bond acceptors (Lipinski definition) is 2. The third-order valence-corrected chi connectivity index (χ3v) is 4.89. The van der Waals surface area contributed by atoms with Crippen LogP contribution in [0.15, 0.2) is 47.4 Å². The second kappa shape index (κ2) is 4.90. The van der Waals surface area contributed by atoms with Gasteiger partial charge in [0.1, 0.15) is 10.7 Å². The first kappa shape index (κ1) is 13.1. The van der Waals surface area contributed by atoms with Crippen LogP contribution in [0, 0.1) is 5.82 Å². The minimum atomic E-state index is -3.89. The van der Waals surface area contributed by atoms with E-state index in [1.807, 2.05) is 12.1 Å². The lowest BCUT2D eigenvalue weighted by Crippen LogP contribution is -2.14. The van der Waals surface area contributed by atoms with Crippen LogP contribution in [0.5, 0.6) is 0 Å². The molecule has 1 aliphatic rings. The molecule has 0 heterocycles. The van der Waals surface area contributed by atoms with Crippen molar-refractivity contribution in [1.82, 2.24) is 0 Å². The number of fused-ring (bicyclic) bond motifs is 1. The average molecular weight is 291 g/mol. The highest BCUT2D eigenvalue weighted by atomic mass is 32.2. The quantitative estimate of drug-likeness (QED) is 0.944. The van der Waals surface area contributed by atoms with Crippen molar-refractivity contribution in [3.05, 3.63) is 59.4 Å². The maximum Gasteiger partial charge on any atom is 0.264 e. The number of rotatable bonds is 3. The lowest BCUT2D eigenvalue weighted by molar-refractivity contribution is 0.570. The smallest absolute Gasteiger partial charge is 0.264 e. The van der Waals surface area contributed by atoms with Gasteiger partial charge >= 0.3 is 0 Å². The summed E-state index contributed by atoms with van der Waals surface area (Å²) >= 11 is 0. The van der Waals surface area contributed by atoms with Crippen LogP contribution in [0.4, 0.5) is 10.1 Å². The molecular weight excluding hydrogens is 277 g/mol. The molecule has 0 aromatic heterocycles. The summed E-state index contributed by atoms with van der Waals surface area (Å²) in [4.78, 5) is -0.333. The number of nitrogens with one attached hydrogen (secondary N) is 1. The Hall–Kier alpha value is -1.88. The molecule has 1 N–H and O–H groups in total. The van der Waals surface area contributed by atoms with E-state index in [-0.39, 0.29) is 4.90 Å². The Morgan fingerprint density at radius 2 is 1.75 bits per heavy atom. The van der Waals surface area contributed by atoms with E-state index < -0.39 is 15.8 Å². The molecule has 2 aromatic carbocycles. The van der Waals surface area contributed by atoms with Gasteiger partial charge in [0.2, 0.25) is 0 Å². The minimum absolute atomic E-state index is 0.333. The summed E-state index contributed by atoms with van der Waals surface area (Å²) < 4.78 is 40.4. The SMILES string of the molecule is O=S(=O)(Nc1ccc2c(c1)CCC2)c1ccccc1F. The third kappa shape index (κ3) is 2.41. The summed E-state index contributed by atoms with van der Waals surface area (Å²) in [6, 6.07) is 10.8. The number of hydrogen-bond donors (Lipinski definition) is 1. The highest BCUT2D eigenvalue weighted by molar-refractivity contribution is 7.92. The highest BCUT2D eigenvalue weighted by Crippen LogP contribution is 2.26. The number of anilines is 1. The summed E-state index contributed by atoms with van der Waals surface area (Å²) in [6.45, 7) is 0. The number of halogens is 1. The maximum atomic E-state index is 13.6. The highest BCUT2D eigenvalue weighted by Gasteiger charge is 2.19. The van der Waals surface area contributed by atoms with E-state index in [1.165, 1.54) is 29.3 Å². The molecule has 0 atom stereocenters. The van der Waals surface area contributed by atoms with Gasteiger partial charge in [-0.25, -0.2) is 12.8 Å². The van der Waals surface area contributed by atoms with E-state index in [4.69, 9.17) is 0 Å². The normalized spacial score (nSPS) is 14.1. The zero-order valence-corrected chi connectivity index (χ0v) is 11.6. The molecule has 3 rings (SSSR count). The minimum Gasteiger partial charge on any atom is -0.280 e. The predicted molar refractivity (Wildman–Crippen MR) is 75.7 cm³/mol. The Morgan fingerprint density at radius 3 is 2.55 bits per heavy atom. The fourth-order valence-electron chi connectivity index (χ4n) is 2.51. The zero-order valence-electron chi connectivity index (χ0n) is 10.8. The summed E-state index contributed by atoms with van der Waals surface area (Å²) in [5.74, 6) is -0.749.